The van der Waals surface area contributed by atoms with E-state index < -0.39 is 60.9 Å². The van der Waals surface area contributed by atoms with Gasteiger partial charge in [0.15, 0.2) is 5.96 Å². The summed E-state index contributed by atoms with van der Waals surface area (Å²) in [5.41, 5.74) is 20.7. The van der Waals surface area contributed by atoms with Crippen molar-refractivity contribution in [3.05, 3.63) is 0 Å². The van der Waals surface area contributed by atoms with E-state index in [-0.39, 0.29) is 38.2 Å². The van der Waals surface area contributed by atoms with Crippen LogP contribution in [-0.4, -0.2) is 83.6 Å². The molecule has 0 saturated carbocycles. The van der Waals surface area contributed by atoms with Crippen LogP contribution in [-0.2, 0) is 24.0 Å². The fourth-order valence-corrected chi connectivity index (χ4v) is 2.21. The lowest BCUT2D eigenvalue weighted by molar-refractivity contribution is -0.142. The van der Waals surface area contributed by atoms with E-state index >= 15 is 0 Å². The summed E-state index contributed by atoms with van der Waals surface area (Å²) < 4.78 is 0. The second-order valence-electron chi connectivity index (χ2n) is 6.48. The number of carbonyl (C=O) groups is 5. The Bertz CT molecular complexity index is 681. The van der Waals surface area contributed by atoms with Crippen LogP contribution in [0, 0.1) is 0 Å². The second-order valence-corrected chi connectivity index (χ2v) is 6.48. The lowest BCUT2D eigenvalue weighted by atomic mass is 10.1. The number of rotatable bonds is 15. The smallest absolute Gasteiger partial charge is 0.326 e. The summed E-state index contributed by atoms with van der Waals surface area (Å²) in [4.78, 5) is 62.0. The molecule has 3 unspecified atom stereocenters. The van der Waals surface area contributed by atoms with E-state index in [0.717, 1.165) is 0 Å². The molecule has 0 saturated heterocycles. The molecule has 0 heterocycles. The van der Waals surface area contributed by atoms with Crippen LogP contribution in [0.15, 0.2) is 4.99 Å². The first kappa shape index (κ1) is 27.5. The van der Waals surface area contributed by atoms with E-state index in [1.54, 1.807) is 0 Å². The number of amides is 4. The quantitative estimate of drug-likeness (QED) is 0.0654. The Kier molecular flexibility index (Phi) is 12.9. The van der Waals surface area contributed by atoms with E-state index in [0.29, 0.717) is 0 Å². The van der Waals surface area contributed by atoms with Gasteiger partial charge >= 0.3 is 5.97 Å². The van der Waals surface area contributed by atoms with Crippen molar-refractivity contribution in [3.8, 4) is 0 Å². The van der Waals surface area contributed by atoms with Gasteiger partial charge in [-0.25, -0.2) is 4.79 Å². The number of primary amides is 1. The van der Waals surface area contributed by atoms with Crippen molar-refractivity contribution in [2.75, 3.05) is 19.7 Å². The molecule has 0 bridgehead atoms. The summed E-state index contributed by atoms with van der Waals surface area (Å²) in [6.45, 7) is -1.08. The normalized spacial score (nSPS) is 13.2. The first-order valence-corrected chi connectivity index (χ1v) is 9.28. The number of carbonyl (C=O) groups excluding carboxylic acids is 4. The number of aliphatic hydroxyl groups is 1. The number of nitrogens with zero attached hydrogens (tertiary/aromatic N) is 1. The number of aliphatic imine (C=N–C) groups is 1. The summed E-state index contributed by atoms with van der Waals surface area (Å²) in [5, 5.41) is 24.8. The number of aliphatic hydroxyl groups excluding tert-OH is 1. The molecule has 31 heavy (non-hydrogen) atoms. The van der Waals surface area contributed by atoms with Crippen molar-refractivity contribution in [3.63, 3.8) is 0 Å². The summed E-state index contributed by atoms with van der Waals surface area (Å²) in [6.07, 6.45) is -0.0823. The van der Waals surface area contributed by atoms with Gasteiger partial charge in [-0.3, -0.25) is 24.2 Å². The maximum absolute atomic E-state index is 12.3. The summed E-state index contributed by atoms with van der Waals surface area (Å²) in [6, 6.07) is -3.77. The zero-order valence-corrected chi connectivity index (χ0v) is 16.9. The van der Waals surface area contributed by atoms with Crippen molar-refractivity contribution in [1.82, 2.24) is 16.0 Å². The van der Waals surface area contributed by atoms with Gasteiger partial charge in [0.2, 0.25) is 23.6 Å². The minimum absolute atomic E-state index is 0.0438. The van der Waals surface area contributed by atoms with Crippen LogP contribution in [0.25, 0.3) is 0 Å². The second kappa shape index (κ2) is 14.5. The summed E-state index contributed by atoms with van der Waals surface area (Å²) in [7, 11) is 0. The maximum Gasteiger partial charge on any atom is 0.326 e. The third-order valence-electron chi connectivity index (χ3n) is 3.85. The number of guanidine groups is 1. The van der Waals surface area contributed by atoms with Crippen LogP contribution in [0.2, 0.25) is 0 Å². The topological polar surface area (TPSA) is 278 Å². The average molecular weight is 446 g/mol. The molecule has 15 heteroatoms. The molecule has 0 aliphatic heterocycles. The van der Waals surface area contributed by atoms with Gasteiger partial charge in [0, 0.05) is 13.0 Å². The van der Waals surface area contributed by atoms with Gasteiger partial charge in [-0.1, -0.05) is 0 Å². The first-order chi connectivity index (χ1) is 14.5. The van der Waals surface area contributed by atoms with Crippen LogP contribution in [0.5, 0.6) is 0 Å². The zero-order valence-electron chi connectivity index (χ0n) is 16.9. The third kappa shape index (κ3) is 12.7. The summed E-state index contributed by atoms with van der Waals surface area (Å²) >= 11 is 0. The number of hydrogen-bond donors (Lipinski definition) is 9. The number of aliphatic carboxylic acids is 1. The summed E-state index contributed by atoms with van der Waals surface area (Å²) in [5.74, 6) is -4.61. The molecule has 0 aliphatic rings. The molecule has 15 nitrogen and oxygen atoms in total. The van der Waals surface area contributed by atoms with Crippen molar-refractivity contribution >= 4 is 35.6 Å². The molecule has 0 aliphatic carbocycles. The monoisotopic (exact) mass is 446 g/mol. The maximum atomic E-state index is 12.3. The fraction of sp³-hybridized carbons (Fsp3) is 0.625. The van der Waals surface area contributed by atoms with Gasteiger partial charge in [-0.15, -0.1) is 0 Å². The van der Waals surface area contributed by atoms with Gasteiger partial charge in [0.05, 0.1) is 13.2 Å². The van der Waals surface area contributed by atoms with Crippen molar-refractivity contribution in [1.29, 1.82) is 0 Å². The van der Waals surface area contributed by atoms with Crippen LogP contribution < -0.4 is 38.9 Å². The lowest BCUT2D eigenvalue weighted by Gasteiger charge is -2.20. The SMILES string of the molecule is NC(=O)CCC(NC(=O)C(N)CO)C(=O)NCC(=O)NC(CCCN=C(N)N)C(=O)O. The number of carboxylic acids is 1. The Labute approximate surface area is 178 Å². The largest absolute Gasteiger partial charge is 0.480 e. The Morgan fingerprint density at radius 3 is 2.10 bits per heavy atom. The molecule has 0 fully saturated rings. The molecule has 176 valence electrons. The van der Waals surface area contributed by atoms with Crippen molar-refractivity contribution in [2.45, 2.75) is 43.8 Å². The van der Waals surface area contributed by atoms with E-state index in [4.69, 9.17) is 28.0 Å². The van der Waals surface area contributed by atoms with Crippen LogP contribution in [0.3, 0.4) is 0 Å². The first-order valence-electron chi connectivity index (χ1n) is 9.28. The molecule has 0 rings (SSSR count). The van der Waals surface area contributed by atoms with E-state index in [2.05, 4.69) is 20.9 Å². The molecule has 0 aromatic carbocycles. The van der Waals surface area contributed by atoms with E-state index in [1.165, 1.54) is 0 Å². The molecule has 3 atom stereocenters. The minimum Gasteiger partial charge on any atom is -0.480 e. The molecule has 0 spiro atoms. The van der Waals surface area contributed by atoms with Crippen LogP contribution in [0.4, 0.5) is 0 Å². The van der Waals surface area contributed by atoms with Gasteiger partial charge in [-0.05, 0) is 19.3 Å². The zero-order chi connectivity index (χ0) is 24.0. The van der Waals surface area contributed by atoms with E-state index in [1.807, 2.05) is 0 Å². The third-order valence-corrected chi connectivity index (χ3v) is 3.85. The van der Waals surface area contributed by atoms with Gasteiger partial charge in [0.1, 0.15) is 18.1 Å². The molecule has 0 aromatic heterocycles. The number of nitrogens with two attached hydrogens (primary N) is 4. The Morgan fingerprint density at radius 2 is 1.58 bits per heavy atom. The Balaban J connectivity index is 4.78. The average Bonchev–Trinajstić information content (AvgIpc) is 2.69. The number of hydrogen-bond acceptors (Lipinski definition) is 8. The highest BCUT2D eigenvalue weighted by Crippen LogP contribution is 2.00. The fourth-order valence-electron chi connectivity index (χ4n) is 2.21. The van der Waals surface area contributed by atoms with E-state index in [9.17, 15) is 29.1 Å². The van der Waals surface area contributed by atoms with Gasteiger partial charge < -0.3 is 49.1 Å². The highest BCUT2D eigenvalue weighted by Gasteiger charge is 2.25. The minimum atomic E-state index is -1.29. The lowest BCUT2D eigenvalue weighted by Crippen LogP contribution is -2.54. The van der Waals surface area contributed by atoms with Gasteiger partial charge in [-0.2, -0.15) is 0 Å². The predicted octanol–water partition coefficient (Wildman–Crippen LogP) is -5.20. The molecule has 13 N–H and O–H groups in total. The standard InChI is InChI=1S/C16H30N8O7/c17-8(7-25)13(28)24-9(3-4-11(18)26)14(29)22-6-12(27)23-10(15(30)31)2-1-5-21-16(19)20/h8-10,25H,1-7,17H2,(H2,18,26)(H,22,29)(H,23,27)(H,24,28)(H,30,31)(H4,19,20,21). The molecule has 4 amide bonds. The molecular formula is C16H30N8O7. The number of nitrogens with one attached hydrogen (secondary N) is 3. The van der Waals surface area contributed by atoms with Crippen LogP contribution in [0.1, 0.15) is 25.7 Å². The predicted molar refractivity (Wildman–Crippen MR) is 108 cm³/mol. The molecular weight excluding hydrogens is 416 g/mol. The van der Waals surface area contributed by atoms with Gasteiger partial charge in [0.25, 0.3) is 0 Å². The van der Waals surface area contributed by atoms with Crippen molar-refractivity contribution in [2.24, 2.45) is 27.9 Å². The molecule has 0 aromatic rings. The Morgan fingerprint density at radius 1 is 0.935 bits per heavy atom. The van der Waals surface area contributed by atoms with Crippen LogP contribution >= 0.6 is 0 Å². The number of carboxylic acid groups (broad SMARTS) is 1. The van der Waals surface area contributed by atoms with Crippen molar-refractivity contribution < 1.29 is 34.2 Å². The Hall–Kier alpha value is -3.46. The highest BCUT2D eigenvalue weighted by molar-refractivity contribution is 5.92. The molecule has 0 radical (unpaired) electrons. The highest BCUT2D eigenvalue weighted by atomic mass is 16.4.